The highest BCUT2D eigenvalue weighted by molar-refractivity contribution is 8.00. The Morgan fingerprint density at radius 3 is 2.73 bits per heavy atom. The van der Waals surface area contributed by atoms with Gasteiger partial charge in [0.2, 0.25) is 18.5 Å². The maximum Gasteiger partial charge on any atom is 0.233 e. The van der Waals surface area contributed by atoms with E-state index in [1.54, 1.807) is 6.26 Å². The average molecular weight is 463 g/mol. The Bertz CT molecular complexity index is 1240. The van der Waals surface area contributed by atoms with Gasteiger partial charge in [-0.3, -0.25) is 9.36 Å². The summed E-state index contributed by atoms with van der Waals surface area (Å²) >= 11 is 1.36. The van der Waals surface area contributed by atoms with Gasteiger partial charge in [0.15, 0.2) is 22.4 Å². The van der Waals surface area contributed by atoms with E-state index < -0.39 is 0 Å². The van der Waals surface area contributed by atoms with Crippen molar-refractivity contribution in [2.24, 2.45) is 0 Å². The molecule has 1 N–H and O–H groups in total. The number of aromatic nitrogens is 3. The van der Waals surface area contributed by atoms with Crippen LogP contribution in [0.5, 0.6) is 11.5 Å². The predicted octanol–water partition coefficient (Wildman–Crippen LogP) is 4.11. The third-order valence-electron chi connectivity index (χ3n) is 5.20. The van der Waals surface area contributed by atoms with Crippen LogP contribution in [0.4, 0.5) is 0 Å². The Kier molecular flexibility index (Phi) is 6.03. The van der Waals surface area contributed by atoms with Gasteiger partial charge in [0.25, 0.3) is 0 Å². The molecule has 0 unspecified atom stereocenters. The van der Waals surface area contributed by atoms with Gasteiger partial charge >= 0.3 is 0 Å². The summed E-state index contributed by atoms with van der Waals surface area (Å²) in [5.41, 5.74) is 2.05. The number of benzene rings is 2. The van der Waals surface area contributed by atoms with Crippen molar-refractivity contribution in [1.82, 2.24) is 20.1 Å². The highest BCUT2D eigenvalue weighted by atomic mass is 32.2. The van der Waals surface area contributed by atoms with E-state index in [1.165, 1.54) is 11.8 Å². The normalized spacial score (nSPS) is 13.1. The number of ether oxygens (including phenoxy) is 2. The molecule has 33 heavy (non-hydrogen) atoms. The van der Waals surface area contributed by atoms with Crippen LogP contribution in [0.25, 0.3) is 11.6 Å². The van der Waals surface area contributed by atoms with E-state index in [2.05, 4.69) is 15.5 Å². The Hall–Kier alpha value is -3.72. The molecule has 5 rings (SSSR count). The van der Waals surface area contributed by atoms with Crippen molar-refractivity contribution in [2.45, 2.75) is 30.4 Å². The van der Waals surface area contributed by atoms with Crippen LogP contribution in [0.3, 0.4) is 0 Å². The van der Waals surface area contributed by atoms with Crippen LogP contribution in [0, 0.1) is 0 Å². The number of furan rings is 1. The molecule has 1 aliphatic rings. The third-order valence-corrected chi connectivity index (χ3v) is 6.28. The standard InChI is InChI=1S/C24H22N4O4S/c1-16(23(29)25-13-18-9-10-19-21(12-18)32-15-31-19)33-24-27-26-22(20-8-5-11-30-20)28(24)14-17-6-3-2-4-7-17/h2-12,16H,13-15H2,1H3,(H,25,29)/t16-/m1/s1. The molecule has 0 bridgehead atoms. The van der Waals surface area contributed by atoms with Crippen molar-refractivity contribution in [3.05, 3.63) is 78.1 Å². The first kappa shape index (κ1) is 21.1. The molecule has 1 amide bonds. The number of amides is 1. The number of hydrogen-bond donors (Lipinski definition) is 1. The molecule has 3 heterocycles. The van der Waals surface area contributed by atoms with E-state index in [0.29, 0.717) is 35.6 Å². The molecule has 168 valence electrons. The highest BCUT2D eigenvalue weighted by Gasteiger charge is 2.22. The van der Waals surface area contributed by atoms with Gasteiger partial charge in [-0.15, -0.1) is 10.2 Å². The molecule has 9 heteroatoms. The minimum Gasteiger partial charge on any atom is -0.461 e. The quantitative estimate of drug-likeness (QED) is 0.394. The number of rotatable bonds is 8. The lowest BCUT2D eigenvalue weighted by Gasteiger charge is -2.14. The first-order chi connectivity index (χ1) is 16.2. The predicted molar refractivity (Wildman–Crippen MR) is 123 cm³/mol. The Labute approximate surface area is 194 Å². The minimum atomic E-state index is -0.373. The molecule has 0 aliphatic carbocycles. The van der Waals surface area contributed by atoms with Crippen LogP contribution in [0.1, 0.15) is 18.1 Å². The van der Waals surface area contributed by atoms with E-state index in [1.807, 2.05) is 72.2 Å². The monoisotopic (exact) mass is 462 g/mol. The molecule has 0 radical (unpaired) electrons. The topological polar surface area (TPSA) is 91.4 Å². The number of fused-ring (bicyclic) bond motifs is 1. The van der Waals surface area contributed by atoms with Gasteiger partial charge in [0.1, 0.15) is 0 Å². The van der Waals surface area contributed by atoms with Crippen molar-refractivity contribution in [3.8, 4) is 23.1 Å². The van der Waals surface area contributed by atoms with Crippen LogP contribution in [-0.2, 0) is 17.9 Å². The summed E-state index contributed by atoms with van der Waals surface area (Å²) in [5.74, 6) is 2.58. The summed E-state index contributed by atoms with van der Waals surface area (Å²) in [6.45, 7) is 3.04. The van der Waals surface area contributed by atoms with Gasteiger partial charge < -0.3 is 19.2 Å². The SMILES string of the molecule is C[C@@H](Sc1nnc(-c2ccco2)n1Cc1ccccc1)C(=O)NCc1ccc2c(c1)OCO2. The summed E-state index contributed by atoms with van der Waals surface area (Å²) < 4.78 is 18.3. The molecule has 1 aliphatic heterocycles. The fourth-order valence-corrected chi connectivity index (χ4v) is 4.34. The number of nitrogens with zero attached hydrogens (tertiary/aromatic N) is 3. The van der Waals surface area contributed by atoms with Crippen LogP contribution in [0.15, 0.2) is 76.5 Å². The van der Waals surface area contributed by atoms with Crippen LogP contribution in [-0.4, -0.2) is 32.7 Å². The fourth-order valence-electron chi connectivity index (χ4n) is 3.47. The van der Waals surface area contributed by atoms with E-state index in [-0.39, 0.29) is 18.0 Å². The van der Waals surface area contributed by atoms with Crippen LogP contribution >= 0.6 is 11.8 Å². The van der Waals surface area contributed by atoms with Crippen molar-refractivity contribution in [3.63, 3.8) is 0 Å². The van der Waals surface area contributed by atoms with Crippen molar-refractivity contribution < 1.29 is 18.7 Å². The minimum absolute atomic E-state index is 0.0912. The fraction of sp³-hybridized carbons (Fsp3) is 0.208. The largest absolute Gasteiger partial charge is 0.461 e. The van der Waals surface area contributed by atoms with Crippen molar-refractivity contribution >= 4 is 17.7 Å². The van der Waals surface area contributed by atoms with E-state index in [0.717, 1.165) is 16.9 Å². The summed E-state index contributed by atoms with van der Waals surface area (Å²) in [4.78, 5) is 12.8. The first-order valence-electron chi connectivity index (χ1n) is 10.5. The maximum absolute atomic E-state index is 12.8. The van der Waals surface area contributed by atoms with Gasteiger partial charge in [0.05, 0.1) is 18.1 Å². The molecule has 1 atom stereocenters. The summed E-state index contributed by atoms with van der Waals surface area (Å²) in [7, 11) is 0. The first-order valence-corrected chi connectivity index (χ1v) is 11.4. The molecule has 2 aromatic carbocycles. The van der Waals surface area contributed by atoms with Gasteiger partial charge in [0, 0.05) is 6.54 Å². The second-order valence-corrected chi connectivity index (χ2v) is 8.83. The Morgan fingerprint density at radius 1 is 1.06 bits per heavy atom. The molecule has 4 aromatic rings. The molecule has 8 nitrogen and oxygen atoms in total. The Balaban J connectivity index is 1.29. The number of hydrogen-bond acceptors (Lipinski definition) is 7. The lowest BCUT2D eigenvalue weighted by molar-refractivity contribution is -0.120. The van der Waals surface area contributed by atoms with Crippen molar-refractivity contribution in [1.29, 1.82) is 0 Å². The summed E-state index contributed by atoms with van der Waals surface area (Å²) in [6.07, 6.45) is 1.61. The zero-order valence-electron chi connectivity index (χ0n) is 17.9. The van der Waals surface area contributed by atoms with Crippen molar-refractivity contribution in [2.75, 3.05) is 6.79 Å². The van der Waals surface area contributed by atoms with Gasteiger partial charge in [-0.2, -0.15) is 0 Å². The van der Waals surface area contributed by atoms with Crippen LogP contribution < -0.4 is 14.8 Å². The smallest absolute Gasteiger partial charge is 0.233 e. The third kappa shape index (κ3) is 4.73. The second-order valence-electron chi connectivity index (χ2n) is 7.52. The molecule has 0 saturated carbocycles. The van der Waals surface area contributed by atoms with E-state index in [4.69, 9.17) is 13.9 Å². The van der Waals surface area contributed by atoms with Gasteiger partial charge in [-0.05, 0) is 42.3 Å². The highest BCUT2D eigenvalue weighted by Crippen LogP contribution is 2.32. The number of carbonyl (C=O) groups excluding carboxylic acids is 1. The molecular formula is C24H22N4O4S. The molecular weight excluding hydrogens is 440 g/mol. The van der Waals surface area contributed by atoms with E-state index >= 15 is 0 Å². The Morgan fingerprint density at radius 2 is 1.91 bits per heavy atom. The lowest BCUT2D eigenvalue weighted by Crippen LogP contribution is -2.30. The summed E-state index contributed by atoms with van der Waals surface area (Å²) in [5, 5.41) is 11.9. The average Bonchev–Trinajstić information content (AvgIpc) is 3.59. The van der Waals surface area contributed by atoms with Gasteiger partial charge in [-0.25, -0.2) is 0 Å². The number of carbonyl (C=O) groups is 1. The molecule has 0 spiro atoms. The van der Waals surface area contributed by atoms with Crippen LogP contribution in [0.2, 0.25) is 0 Å². The number of thioether (sulfide) groups is 1. The zero-order chi connectivity index (χ0) is 22.6. The number of nitrogens with one attached hydrogen (secondary N) is 1. The second kappa shape index (κ2) is 9.41. The maximum atomic E-state index is 12.8. The summed E-state index contributed by atoms with van der Waals surface area (Å²) in [6, 6.07) is 19.4. The molecule has 0 saturated heterocycles. The van der Waals surface area contributed by atoms with Gasteiger partial charge in [-0.1, -0.05) is 48.2 Å². The molecule has 2 aromatic heterocycles. The lowest BCUT2D eigenvalue weighted by atomic mass is 10.2. The zero-order valence-corrected chi connectivity index (χ0v) is 18.7. The van der Waals surface area contributed by atoms with E-state index in [9.17, 15) is 4.79 Å². The molecule has 0 fully saturated rings.